The van der Waals surface area contributed by atoms with Crippen molar-refractivity contribution in [2.75, 3.05) is 6.54 Å². The van der Waals surface area contributed by atoms with E-state index in [0.717, 1.165) is 18.4 Å². The fraction of sp³-hybridized carbons (Fsp3) is 0.684. The van der Waals surface area contributed by atoms with Crippen LogP contribution in [0.5, 0.6) is 0 Å². The molecule has 1 aromatic rings. The van der Waals surface area contributed by atoms with E-state index in [9.17, 15) is 5.11 Å². The first-order valence-corrected chi connectivity index (χ1v) is 8.78. The summed E-state index contributed by atoms with van der Waals surface area (Å²) >= 11 is 0. The van der Waals surface area contributed by atoms with E-state index in [2.05, 4.69) is 36.1 Å². The van der Waals surface area contributed by atoms with Crippen LogP contribution in [0, 0.1) is 5.92 Å². The molecule has 2 aliphatic carbocycles. The number of piperidine rings is 1. The van der Waals surface area contributed by atoms with Crippen molar-refractivity contribution in [3.05, 3.63) is 35.4 Å². The molecule has 2 nitrogen and oxygen atoms in total. The minimum absolute atomic E-state index is 0.295. The molecule has 0 aromatic heterocycles. The number of fused-ring (bicyclic) bond motifs is 2. The quantitative estimate of drug-likeness (QED) is 0.847. The Morgan fingerprint density at radius 3 is 2.62 bits per heavy atom. The summed E-state index contributed by atoms with van der Waals surface area (Å²) in [6.07, 6.45) is 7.70. The number of hydrogen-bond acceptors (Lipinski definition) is 2. The van der Waals surface area contributed by atoms with E-state index in [1.165, 1.54) is 49.8 Å². The Kier molecular flexibility index (Phi) is 3.55. The third-order valence-corrected chi connectivity index (χ3v) is 6.27. The lowest BCUT2D eigenvalue weighted by atomic mass is 9.77. The zero-order valence-corrected chi connectivity index (χ0v) is 13.0. The van der Waals surface area contributed by atoms with Crippen molar-refractivity contribution in [2.45, 2.75) is 69.6 Å². The number of aliphatic hydroxyl groups is 1. The van der Waals surface area contributed by atoms with Gasteiger partial charge in [0.05, 0.1) is 6.10 Å². The largest absolute Gasteiger partial charge is 0.387 e. The van der Waals surface area contributed by atoms with Crippen LogP contribution in [-0.2, 0) is 0 Å². The first-order valence-electron chi connectivity index (χ1n) is 8.78. The molecule has 4 rings (SSSR count). The number of aliphatic hydroxyl groups excluding tert-OH is 1. The normalized spacial score (nSPS) is 39.8. The average molecular weight is 285 g/mol. The summed E-state index contributed by atoms with van der Waals surface area (Å²) in [4.78, 5) is 2.69. The maximum Gasteiger partial charge on any atom is 0.0948 e. The van der Waals surface area contributed by atoms with Gasteiger partial charge >= 0.3 is 0 Å². The molecule has 3 aliphatic rings. The second-order valence-corrected chi connectivity index (χ2v) is 7.42. The van der Waals surface area contributed by atoms with Gasteiger partial charge in [0.2, 0.25) is 0 Å². The Morgan fingerprint density at radius 1 is 1.00 bits per heavy atom. The predicted octanol–water partition coefficient (Wildman–Crippen LogP) is 3.86. The highest BCUT2D eigenvalue weighted by Gasteiger charge is 2.43. The number of nitrogens with zero attached hydrogens (tertiary/aromatic N) is 1. The molecule has 1 saturated heterocycles. The molecule has 1 aliphatic heterocycles. The zero-order chi connectivity index (χ0) is 14.4. The molecule has 0 radical (unpaired) electrons. The molecule has 0 bridgehead atoms. The Hall–Kier alpha value is -0.860. The molecule has 1 heterocycles. The molecule has 114 valence electrons. The fourth-order valence-electron chi connectivity index (χ4n) is 5.28. The van der Waals surface area contributed by atoms with Gasteiger partial charge in [-0.3, -0.25) is 4.90 Å². The summed E-state index contributed by atoms with van der Waals surface area (Å²) in [7, 11) is 0. The topological polar surface area (TPSA) is 23.5 Å². The van der Waals surface area contributed by atoms with Gasteiger partial charge in [-0.1, -0.05) is 37.6 Å². The minimum atomic E-state index is -0.295. The van der Waals surface area contributed by atoms with Gasteiger partial charge in [-0.2, -0.15) is 0 Å². The number of hydrogen-bond donors (Lipinski definition) is 1. The van der Waals surface area contributed by atoms with Gasteiger partial charge in [0.15, 0.2) is 0 Å². The smallest absolute Gasteiger partial charge is 0.0948 e. The van der Waals surface area contributed by atoms with Crippen LogP contribution < -0.4 is 0 Å². The van der Waals surface area contributed by atoms with E-state index >= 15 is 0 Å². The van der Waals surface area contributed by atoms with Crippen LogP contribution in [0.2, 0.25) is 0 Å². The zero-order valence-electron chi connectivity index (χ0n) is 13.0. The third kappa shape index (κ3) is 2.24. The molecule has 2 fully saturated rings. The Balaban J connectivity index is 1.64. The van der Waals surface area contributed by atoms with Crippen molar-refractivity contribution in [3.63, 3.8) is 0 Å². The number of rotatable bonds is 1. The van der Waals surface area contributed by atoms with Crippen LogP contribution in [0.1, 0.15) is 68.6 Å². The molecule has 5 atom stereocenters. The van der Waals surface area contributed by atoms with Crippen molar-refractivity contribution in [1.82, 2.24) is 4.90 Å². The molecule has 0 amide bonds. The van der Waals surface area contributed by atoms with E-state index < -0.39 is 0 Å². The lowest BCUT2D eigenvalue weighted by Gasteiger charge is -2.47. The van der Waals surface area contributed by atoms with Crippen LogP contribution in [0.4, 0.5) is 0 Å². The molecule has 1 saturated carbocycles. The minimum Gasteiger partial charge on any atom is -0.387 e. The molecule has 1 N–H and O–H groups in total. The predicted molar refractivity (Wildman–Crippen MR) is 85.3 cm³/mol. The van der Waals surface area contributed by atoms with Gasteiger partial charge in [-0.15, -0.1) is 0 Å². The van der Waals surface area contributed by atoms with E-state index in [1.54, 1.807) is 0 Å². The Morgan fingerprint density at radius 2 is 1.76 bits per heavy atom. The standard InChI is InChI=1S/C19H27NO/c1-13-12-18(19(21)16-9-3-2-8-15(13)16)20-11-5-7-14-6-4-10-17(14)20/h2-3,8-9,13-14,17-19,21H,4-7,10-12H2,1H3. The highest BCUT2D eigenvalue weighted by molar-refractivity contribution is 5.35. The molecule has 2 heteroatoms. The third-order valence-electron chi connectivity index (χ3n) is 6.27. The Labute approximate surface area is 128 Å². The molecule has 1 aromatic carbocycles. The van der Waals surface area contributed by atoms with Gasteiger partial charge < -0.3 is 5.11 Å². The monoisotopic (exact) mass is 285 g/mol. The first kappa shape index (κ1) is 13.8. The van der Waals surface area contributed by atoms with Gasteiger partial charge in [-0.05, 0) is 61.6 Å². The second-order valence-electron chi connectivity index (χ2n) is 7.42. The van der Waals surface area contributed by atoms with E-state index in [1.807, 2.05) is 0 Å². The van der Waals surface area contributed by atoms with E-state index in [0.29, 0.717) is 12.0 Å². The summed E-state index contributed by atoms with van der Waals surface area (Å²) in [6, 6.07) is 9.60. The molecule has 5 unspecified atom stereocenters. The number of likely N-dealkylation sites (tertiary alicyclic amines) is 1. The number of benzene rings is 1. The summed E-state index contributed by atoms with van der Waals surface area (Å²) in [5, 5.41) is 11.0. The van der Waals surface area contributed by atoms with Crippen LogP contribution in [0.3, 0.4) is 0 Å². The second kappa shape index (κ2) is 5.40. The summed E-state index contributed by atoms with van der Waals surface area (Å²) < 4.78 is 0. The van der Waals surface area contributed by atoms with Crippen LogP contribution >= 0.6 is 0 Å². The van der Waals surface area contributed by atoms with E-state index in [-0.39, 0.29) is 6.10 Å². The molecular formula is C19H27NO. The van der Waals surface area contributed by atoms with E-state index in [4.69, 9.17) is 0 Å². The van der Waals surface area contributed by atoms with Crippen molar-refractivity contribution in [1.29, 1.82) is 0 Å². The van der Waals surface area contributed by atoms with Crippen molar-refractivity contribution in [3.8, 4) is 0 Å². The summed E-state index contributed by atoms with van der Waals surface area (Å²) in [5.74, 6) is 1.47. The molecule has 21 heavy (non-hydrogen) atoms. The average Bonchev–Trinajstić information content (AvgIpc) is 2.99. The van der Waals surface area contributed by atoms with Crippen molar-refractivity contribution < 1.29 is 5.11 Å². The van der Waals surface area contributed by atoms with Crippen LogP contribution in [0.15, 0.2) is 24.3 Å². The maximum absolute atomic E-state index is 11.0. The lowest BCUT2D eigenvalue weighted by Crippen LogP contribution is -2.52. The highest BCUT2D eigenvalue weighted by Crippen LogP contribution is 2.45. The van der Waals surface area contributed by atoms with Crippen LogP contribution in [0.25, 0.3) is 0 Å². The molecular weight excluding hydrogens is 258 g/mol. The van der Waals surface area contributed by atoms with Gasteiger partial charge in [0, 0.05) is 12.1 Å². The van der Waals surface area contributed by atoms with Crippen molar-refractivity contribution in [2.24, 2.45) is 5.92 Å². The van der Waals surface area contributed by atoms with Crippen LogP contribution in [-0.4, -0.2) is 28.6 Å². The fourth-order valence-corrected chi connectivity index (χ4v) is 5.28. The molecule has 0 spiro atoms. The summed E-state index contributed by atoms with van der Waals surface area (Å²) in [6.45, 7) is 3.52. The lowest BCUT2D eigenvalue weighted by molar-refractivity contribution is -0.0185. The SMILES string of the molecule is CC1CC(N2CCCC3CCCC32)C(O)c2ccccc21. The van der Waals surface area contributed by atoms with Gasteiger partial charge in [-0.25, -0.2) is 0 Å². The van der Waals surface area contributed by atoms with Gasteiger partial charge in [0.25, 0.3) is 0 Å². The van der Waals surface area contributed by atoms with Gasteiger partial charge in [0.1, 0.15) is 0 Å². The van der Waals surface area contributed by atoms with Crippen molar-refractivity contribution >= 4 is 0 Å². The maximum atomic E-state index is 11.0. The first-order chi connectivity index (χ1) is 10.3. The highest BCUT2D eigenvalue weighted by atomic mass is 16.3. The summed E-state index contributed by atoms with van der Waals surface area (Å²) in [5.41, 5.74) is 2.54. The Bertz CT molecular complexity index is 514.